The van der Waals surface area contributed by atoms with Crippen LogP contribution in [0.25, 0.3) is 0 Å². The second kappa shape index (κ2) is 6.24. The maximum absolute atomic E-state index is 13.7. The molecule has 112 valence electrons. The first-order valence-corrected chi connectivity index (χ1v) is 6.10. The molecule has 6 heteroatoms. The highest BCUT2D eigenvalue weighted by Gasteiger charge is 2.39. The Kier molecular flexibility index (Phi) is 5.14. The van der Waals surface area contributed by atoms with Crippen LogP contribution in [-0.4, -0.2) is 17.8 Å². The molecule has 20 heavy (non-hydrogen) atoms. The highest BCUT2D eigenvalue weighted by atomic mass is 19.4. The van der Waals surface area contributed by atoms with E-state index in [1.54, 1.807) is 12.1 Å². The van der Waals surface area contributed by atoms with Gasteiger partial charge < -0.3 is 4.74 Å². The minimum absolute atomic E-state index is 0.184. The second-order valence-corrected chi connectivity index (χ2v) is 4.94. The van der Waals surface area contributed by atoms with E-state index in [1.807, 2.05) is 0 Å². The summed E-state index contributed by atoms with van der Waals surface area (Å²) in [7, 11) is 0. The molecule has 0 saturated heterocycles. The zero-order chi connectivity index (χ0) is 15.4. The number of alkyl halides is 4. The molecule has 0 spiro atoms. The molecule has 0 N–H and O–H groups in total. The SMILES string of the molecule is CC(=O)Oc1ccc(CCC(C)(F)CC(F)(F)F)cc1. The first-order chi connectivity index (χ1) is 9.07. The number of hydrogen-bond acceptors (Lipinski definition) is 2. The first kappa shape index (κ1) is 16.5. The number of ether oxygens (including phenoxy) is 1. The number of aryl methyl sites for hydroxylation is 1. The third-order valence-corrected chi connectivity index (χ3v) is 2.69. The maximum atomic E-state index is 13.7. The minimum Gasteiger partial charge on any atom is -0.427 e. The summed E-state index contributed by atoms with van der Waals surface area (Å²) in [5, 5.41) is 0. The average Bonchev–Trinajstić information content (AvgIpc) is 2.24. The lowest BCUT2D eigenvalue weighted by Gasteiger charge is -2.21. The fourth-order valence-corrected chi connectivity index (χ4v) is 1.80. The summed E-state index contributed by atoms with van der Waals surface area (Å²) in [6.45, 7) is 2.22. The van der Waals surface area contributed by atoms with Gasteiger partial charge in [-0.2, -0.15) is 13.2 Å². The molecule has 0 aromatic heterocycles. The van der Waals surface area contributed by atoms with Gasteiger partial charge in [0.1, 0.15) is 11.4 Å². The molecule has 0 aliphatic rings. The Bertz CT molecular complexity index is 449. The lowest BCUT2D eigenvalue weighted by molar-refractivity contribution is -0.160. The largest absolute Gasteiger partial charge is 0.427 e. The van der Waals surface area contributed by atoms with Crippen molar-refractivity contribution in [3.8, 4) is 5.75 Å². The average molecular weight is 292 g/mol. The van der Waals surface area contributed by atoms with E-state index in [1.165, 1.54) is 19.1 Å². The highest BCUT2D eigenvalue weighted by molar-refractivity contribution is 5.69. The fourth-order valence-electron chi connectivity index (χ4n) is 1.80. The number of carbonyl (C=O) groups is 1. The van der Waals surface area contributed by atoms with Crippen molar-refractivity contribution < 1.29 is 27.1 Å². The lowest BCUT2D eigenvalue weighted by Crippen LogP contribution is -2.27. The van der Waals surface area contributed by atoms with E-state index in [2.05, 4.69) is 0 Å². The third-order valence-electron chi connectivity index (χ3n) is 2.69. The molecule has 0 aliphatic carbocycles. The van der Waals surface area contributed by atoms with E-state index >= 15 is 0 Å². The predicted molar refractivity (Wildman–Crippen MR) is 66.3 cm³/mol. The van der Waals surface area contributed by atoms with Gasteiger partial charge in [-0.25, -0.2) is 4.39 Å². The van der Waals surface area contributed by atoms with Crippen LogP contribution in [0.5, 0.6) is 5.75 Å². The van der Waals surface area contributed by atoms with Crippen LogP contribution in [0.4, 0.5) is 17.6 Å². The summed E-state index contributed by atoms with van der Waals surface area (Å²) in [4.78, 5) is 10.7. The number of esters is 1. The van der Waals surface area contributed by atoms with Gasteiger partial charge in [-0.15, -0.1) is 0 Å². The van der Waals surface area contributed by atoms with Gasteiger partial charge in [0.2, 0.25) is 0 Å². The van der Waals surface area contributed by atoms with E-state index < -0.39 is 24.2 Å². The van der Waals surface area contributed by atoms with E-state index in [9.17, 15) is 22.4 Å². The quantitative estimate of drug-likeness (QED) is 0.461. The van der Waals surface area contributed by atoms with Crippen LogP contribution < -0.4 is 4.74 Å². The van der Waals surface area contributed by atoms with Crippen molar-refractivity contribution >= 4 is 5.97 Å². The van der Waals surface area contributed by atoms with Gasteiger partial charge in [0.25, 0.3) is 0 Å². The van der Waals surface area contributed by atoms with Crippen molar-refractivity contribution in [2.24, 2.45) is 0 Å². The first-order valence-electron chi connectivity index (χ1n) is 6.10. The summed E-state index contributed by atoms with van der Waals surface area (Å²) >= 11 is 0. The fraction of sp³-hybridized carbons (Fsp3) is 0.500. The molecular formula is C14H16F4O2. The Hall–Kier alpha value is -1.59. The smallest absolute Gasteiger partial charge is 0.392 e. The Labute approximate surface area is 114 Å². The van der Waals surface area contributed by atoms with E-state index in [0.29, 0.717) is 11.3 Å². The standard InChI is InChI=1S/C14H16F4O2/c1-10(19)20-12-5-3-11(4-6-12)7-8-13(2,15)9-14(16,17)18/h3-6H,7-9H2,1-2H3. The molecule has 1 atom stereocenters. The molecule has 0 aliphatic heterocycles. The van der Waals surface area contributed by atoms with Crippen molar-refractivity contribution in [3.63, 3.8) is 0 Å². The maximum Gasteiger partial charge on any atom is 0.392 e. The van der Waals surface area contributed by atoms with Crippen LogP contribution in [-0.2, 0) is 11.2 Å². The third kappa shape index (κ3) is 6.54. The van der Waals surface area contributed by atoms with Crippen LogP contribution in [0.1, 0.15) is 32.3 Å². The lowest BCUT2D eigenvalue weighted by atomic mass is 9.95. The van der Waals surface area contributed by atoms with Crippen LogP contribution in [0, 0.1) is 0 Å². The van der Waals surface area contributed by atoms with Crippen LogP contribution >= 0.6 is 0 Å². The van der Waals surface area contributed by atoms with Gasteiger partial charge in [-0.3, -0.25) is 4.79 Å². The molecule has 1 unspecified atom stereocenters. The van der Waals surface area contributed by atoms with E-state index in [0.717, 1.165) is 6.92 Å². The summed E-state index contributed by atoms with van der Waals surface area (Å²) in [5.41, 5.74) is -1.60. The molecule has 0 bridgehead atoms. The molecule has 0 amide bonds. The molecule has 0 heterocycles. The Balaban J connectivity index is 2.55. The predicted octanol–water partition coefficient (Wildman–Crippen LogP) is 4.23. The van der Waals surface area contributed by atoms with Gasteiger partial charge in [0.05, 0.1) is 6.42 Å². The van der Waals surface area contributed by atoms with Crippen molar-refractivity contribution in [2.75, 3.05) is 0 Å². The summed E-state index contributed by atoms with van der Waals surface area (Å²) < 4.78 is 55.0. The normalized spacial score (nSPS) is 14.7. The number of rotatable bonds is 5. The van der Waals surface area contributed by atoms with Crippen LogP contribution in [0.3, 0.4) is 0 Å². The van der Waals surface area contributed by atoms with Crippen molar-refractivity contribution in [1.82, 2.24) is 0 Å². The molecule has 0 radical (unpaired) electrons. The van der Waals surface area contributed by atoms with Crippen molar-refractivity contribution in [1.29, 1.82) is 0 Å². The van der Waals surface area contributed by atoms with Gasteiger partial charge >= 0.3 is 12.1 Å². The summed E-state index contributed by atoms with van der Waals surface area (Å²) in [6.07, 6.45) is -6.00. The summed E-state index contributed by atoms with van der Waals surface area (Å²) in [6, 6.07) is 6.25. The van der Waals surface area contributed by atoms with Gasteiger partial charge in [0, 0.05) is 6.92 Å². The minimum atomic E-state index is -4.51. The molecule has 1 rings (SSSR count). The Morgan fingerprint density at radius 2 is 1.70 bits per heavy atom. The number of carbonyl (C=O) groups excluding carboxylic acids is 1. The van der Waals surface area contributed by atoms with Gasteiger partial charge in [-0.05, 0) is 37.5 Å². The van der Waals surface area contributed by atoms with Crippen molar-refractivity contribution in [3.05, 3.63) is 29.8 Å². The number of halogens is 4. The Morgan fingerprint density at radius 1 is 1.15 bits per heavy atom. The Morgan fingerprint density at radius 3 is 2.15 bits per heavy atom. The molecule has 1 aromatic carbocycles. The highest BCUT2D eigenvalue weighted by Crippen LogP contribution is 2.33. The second-order valence-electron chi connectivity index (χ2n) is 4.94. The molecule has 2 nitrogen and oxygen atoms in total. The van der Waals surface area contributed by atoms with Crippen molar-refractivity contribution in [2.45, 2.75) is 45.0 Å². The van der Waals surface area contributed by atoms with Gasteiger partial charge in [0.15, 0.2) is 0 Å². The molecular weight excluding hydrogens is 276 g/mol. The van der Waals surface area contributed by atoms with Gasteiger partial charge in [-0.1, -0.05) is 12.1 Å². The zero-order valence-corrected chi connectivity index (χ0v) is 11.3. The number of hydrogen-bond donors (Lipinski definition) is 0. The molecule has 1 aromatic rings. The van der Waals surface area contributed by atoms with Crippen LogP contribution in [0.15, 0.2) is 24.3 Å². The van der Waals surface area contributed by atoms with E-state index in [-0.39, 0.29) is 12.8 Å². The summed E-state index contributed by atoms with van der Waals surface area (Å²) in [5.74, 6) is -0.112. The molecule has 0 fully saturated rings. The zero-order valence-electron chi connectivity index (χ0n) is 11.3. The monoisotopic (exact) mass is 292 g/mol. The van der Waals surface area contributed by atoms with Crippen LogP contribution in [0.2, 0.25) is 0 Å². The van der Waals surface area contributed by atoms with E-state index in [4.69, 9.17) is 4.74 Å². The molecule has 0 saturated carbocycles. The topological polar surface area (TPSA) is 26.3 Å². The number of benzene rings is 1.